The number of benzene rings is 1. The molecule has 19 heavy (non-hydrogen) atoms. The Kier molecular flexibility index (Phi) is 3.11. The minimum absolute atomic E-state index is 0.0121. The van der Waals surface area contributed by atoms with Crippen LogP contribution >= 0.6 is 0 Å². The minimum atomic E-state index is -0.724. The SMILES string of the molecule is N#Cc1cc(F)c(NC2CCOC2C2CC2)c(F)c1. The summed E-state index contributed by atoms with van der Waals surface area (Å²) in [6, 6.07) is 3.78. The van der Waals surface area contributed by atoms with Gasteiger partial charge in [0.25, 0.3) is 0 Å². The highest BCUT2D eigenvalue weighted by Crippen LogP contribution is 2.40. The maximum absolute atomic E-state index is 13.8. The van der Waals surface area contributed by atoms with Crippen molar-refractivity contribution in [2.75, 3.05) is 11.9 Å². The van der Waals surface area contributed by atoms with Gasteiger partial charge in [-0.25, -0.2) is 8.78 Å². The molecule has 1 aromatic rings. The number of hydrogen-bond acceptors (Lipinski definition) is 3. The smallest absolute Gasteiger partial charge is 0.150 e. The van der Waals surface area contributed by atoms with Gasteiger partial charge in [0.2, 0.25) is 0 Å². The van der Waals surface area contributed by atoms with Crippen LogP contribution in [-0.2, 0) is 4.74 Å². The number of halogens is 2. The number of anilines is 1. The van der Waals surface area contributed by atoms with Crippen LogP contribution in [0.3, 0.4) is 0 Å². The molecule has 0 aromatic heterocycles. The normalized spacial score (nSPS) is 26.2. The van der Waals surface area contributed by atoms with Gasteiger partial charge in [-0.1, -0.05) is 0 Å². The van der Waals surface area contributed by atoms with Gasteiger partial charge in [0.1, 0.15) is 5.69 Å². The fraction of sp³-hybridized carbons (Fsp3) is 0.500. The molecule has 1 aliphatic carbocycles. The molecule has 5 heteroatoms. The molecule has 2 fully saturated rings. The maximum atomic E-state index is 13.8. The summed E-state index contributed by atoms with van der Waals surface area (Å²) in [5.41, 5.74) is -0.165. The average Bonchev–Trinajstić information content (AvgIpc) is 3.13. The Morgan fingerprint density at radius 3 is 2.47 bits per heavy atom. The standard InChI is InChI=1S/C14H14F2N2O/c15-10-5-8(7-17)6-11(16)13(10)18-12-3-4-19-14(12)9-1-2-9/h5-6,9,12,14,18H,1-4H2. The minimum Gasteiger partial charge on any atom is -0.376 e. The number of nitrogens with zero attached hydrogens (tertiary/aromatic N) is 1. The Hall–Kier alpha value is -1.67. The number of rotatable bonds is 3. The summed E-state index contributed by atoms with van der Waals surface area (Å²) < 4.78 is 33.2. The van der Waals surface area contributed by atoms with E-state index >= 15 is 0 Å². The molecule has 100 valence electrons. The summed E-state index contributed by atoms with van der Waals surface area (Å²) >= 11 is 0. The van der Waals surface area contributed by atoms with Crippen LogP contribution in [0.15, 0.2) is 12.1 Å². The van der Waals surface area contributed by atoms with E-state index in [4.69, 9.17) is 10.00 Å². The van der Waals surface area contributed by atoms with E-state index in [-0.39, 0.29) is 23.4 Å². The van der Waals surface area contributed by atoms with Gasteiger partial charge in [0.05, 0.1) is 23.8 Å². The fourth-order valence-electron chi connectivity index (χ4n) is 2.62. The van der Waals surface area contributed by atoms with E-state index in [1.807, 2.05) is 0 Å². The van der Waals surface area contributed by atoms with Crippen molar-refractivity contribution in [2.24, 2.45) is 5.92 Å². The Morgan fingerprint density at radius 1 is 1.21 bits per heavy atom. The first kappa shape index (κ1) is 12.4. The molecule has 1 aliphatic heterocycles. The van der Waals surface area contributed by atoms with Crippen molar-refractivity contribution < 1.29 is 13.5 Å². The Bertz CT molecular complexity index is 514. The molecule has 2 atom stereocenters. The van der Waals surface area contributed by atoms with E-state index in [2.05, 4.69) is 5.32 Å². The van der Waals surface area contributed by atoms with E-state index < -0.39 is 11.6 Å². The predicted octanol–water partition coefficient (Wildman–Crippen LogP) is 2.82. The highest BCUT2D eigenvalue weighted by atomic mass is 19.1. The second-order valence-electron chi connectivity index (χ2n) is 5.14. The van der Waals surface area contributed by atoms with Crippen molar-refractivity contribution in [1.29, 1.82) is 5.26 Å². The molecule has 0 radical (unpaired) electrons. The molecule has 1 N–H and O–H groups in total. The van der Waals surface area contributed by atoms with Crippen LogP contribution in [0, 0.1) is 28.9 Å². The largest absolute Gasteiger partial charge is 0.376 e. The van der Waals surface area contributed by atoms with Gasteiger partial charge in [-0.3, -0.25) is 0 Å². The fourth-order valence-corrected chi connectivity index (χ4v) is 2.62. The lowest BCUT2D eigenvalue weighted by Gasteiger charge is -2.21. The summed E-state index contributed by atoms with van der Waals surface area (Å²) in [6.07, 6.45) is 3.05. The molecule has 3 nitrogen and oxygen atoms in total. The monoisotopic (exact) mass is 264 g/mol. The van der Waals surface area contributed by atoms with Crippen molar-refractivity contribution in [3.05, 3.63) is 29.3 Å². The zero-order valence-electron chi connectivity index (χ0n) is 10.3. The Balaban J connectivity index is 1.81. The van der Waals surface area contributed by atoms with E-state index in [1.165, 1.54) is 0 Å². The first-order valence-corrected chi connectivity index (χ1v) is 6.46. The molecule has 2 unspecified atom stereocenters. The molecule has 0 spiro atoms. The maximum Gasteiger partial charge on any atom is 0.150 e. The third-order valence-corrected chi connectivity index (χ3v) is 3.72. The van der Waals surface area contributed by atoms with Crippen molar-refractivity contribution in [1.82, 2.24) is 0 Å². The molecule has 3 rings (SSSR count). The molecular formula is C14H14F2N2O. The second kappa shape index (κ2) is 4.78. The highest BCUT2D eigenvalue weighted by molar-refractivity contribution is 5.51. The van der Waals surface area contributed by atoms with Gasteiger partial charge in [-0.05, 0) is 37.3 Å². The van der Waals surface area contributed by atoms with Gasteiger partial charge in [-0.2, -0.15) is 5.26 Å². The zero-order valence-corrected chi connectivity index (χ0v) is 10.3. The van der Waals surface area contributed by atoms with Crippen LogP contribution in [0.5, 0.6) is 0 Å². The van der Waals surface area contributed by atoms with Gasteiger partial charge in [0, 0.05) is 6.61 Å². The first-order valence-electron chi connectivity index (χ1n) is 6.46. The van der Waals surface area contributed by atoms with Gasteiger partial charge >= 0.3 is 0 Å². The topological polar surface area (TPSA) is 45.0 Å². The van der Waals surface area contributed by atoms with E-state index in [0.717, 1.165) is 31.4 Å². The summed E-state index contributed by atoms with van der Waals surface area (Å²) in [6.45, 7) is 0.623. The van der Waals surface area contributed by atoms with Crippen molar-refractivity contribution >= 4 is 5.69 Å². The lowest BCUT2D eigenvalue weighted by atomic mass is 10.1. The molecule has 1 aromatic carbocycles. The van der Waals surface area contributed by atoms with Gasteiger partial charge < -0.3 is 10.1 Å². The number of hydrogen-bond donors (Lipinski definition) is 1. The quantitative estimate of drug-likeness (QED) is 0.913. The lowest BCUT2D eigenvalue weighted by molar-refractivity contribution is 0.0897. The molecule has 1 heterocycles. The van der Waals surface area contributed by atoms with E-state index in [0.29, 0.717) is 12.5 Å². The third kappa shape index (κ3) is 2.41. The number of nitrogens with one attached hydrogen (secondary N) is 1. The summed E-state index contributed by atoms with van der Waals surface area (Å²) in [7, 11) is 0. The molecule has 2 aliphatic rings. The van der Waals surface area contributed by atoms with Crippen LogP contribution in [0.25, 0.3) is 0 Å². The molecule has 1 saturated carbocycles. The van der Waals surface area contributed by atoms with E-state index in [1.54, 1.807) is 6.07 Å². The number of ether oxygens (including phenoxy) is 1. The van der Waals surface area contributed by atoms with E-state index in [9.17, 15) is 8.78 Å². The van der Waals surface area contributed by atoms with Gasteiger partial charge in [0.15, 0.2) is 11.6 Å². The van der Waals surface area contributed by atoms with Crippen molar-refractivity contribution in [3.8, 4) is 6.07 Å². The summed E-state index contributed by atoms with van der Waals surface area (Å²) in [5.74, 6) is -0.930. The molecule has 0 amide bonds. The van der Waals surface area contributed by atoms with Crippen molar-refractivity contribution in [2.45, 2.75) is 31.4 Å². The Morgan fingerprint density at radius 2 is 1.89 bits per heavy atom. The summed E-state index contributed by atoms with van der Waals surface area (Å²) in [4.78, 5) is 0. The van der Waals surface area contributed by atoms with Crippen LogP contribution in [-0.4, -0.2) is 18.8 Å². The molecule has 0 bridgehead atoms. The van der Waals surface area contributed by atoms with Crippen LogP contribution in [0.2, 0.25) is 0 Å². The van der Waals surface area contributed by atoms with Crippen LogP contribution in [0.4, 0.5) is 14.5 Å². The average molecular weight is 264 g/mol. The zero-order chi connectivity index (χ0) is 13.4. The number of nitriles is 1. The first-order chi connectivity index (χ1) is 9.19. The second-order valence-corrected chi connectivity index (χ2v) is 5.14. The summed E-state index contributed by atoms with van der Waals surface area (Å²) in [5, 5.41) is 11.6. The van der Waals surface area contributed by atoms with Crippen LogP contribution < -0.4 is 5.32 Å². The van der Waals surface area contributed by atoms with Crippen LogP contribution in [0.1, 0.15) is 24.8 Å². The third-order valence-electron chi connectivity index (χ3n) is 3.72. The molecule has 1 saturated heterocycles. The Labute approximate surface area is 110 Å². The lowest BCUT2D eigenvalue weighted by Crippen LogP contribution is -2.31. The highest BCUT2D eigenvalue weighted by Gasteiger charge is 2.41. The van der Waals surface area contributed by atoms with Gasteiger partial charge in [-0.15, -0.1) is 0 Å². The molecular weight excluding hydrogens is 250 g/mol. The van der Waals surface area contributed by atoms with Crippen molar-refractivity contribution in [3.63, 3.8) is 0 Å². The predicted molar refractivity (Wildman–Crippen MR) is 65.6 cm³/mol.